The van der Waals surface area contributed by atoms with E-state index < -0.39 is 10.1 Å². The predicted octanol–water partition coefficient (Wildman–Crippen LogP) is 3.12. The van der Waals surface area contributed by atoms with Gasteiger partial charge in [0.05, 0.1) is 5.75 Å². The Labute approximate surface area is 94.0 Å². The van der Waals surface area contributed by atoms with Gasteiger partial charge in [-0.05, 0) is 24.2 Å². The van der Waals surface area contributed by atoms with Crippen LogP contribution in [0.2, 0.25) is 0 Å². The third-order valence-electron chi connectivity index (χ3n) is 2.86. The maximum atomic E-state index is 10.7. The normalized spacial score (nSPS) is 15.3. The monoisotopic (exact) mass is 236 g/mol. The molecule has 0 rings (SSSR count). The summed E-state index contributed by atoms with van der Waals surface area (Å²) in [5.41, 5.74) is 0.111. The van der Waals surface area contributed by atoms with Gasteiger partial charge in [0.2, 0.25) is 0 Å². The van der Waals surface area contributed by atoms with Crippen LogP contribution in [0, 0.1) is 11.3 Å². The molecule has 0 saturated carbocycles. The molecule has 1 unspecified atom stereocenters. The van der Waals surface area contributed by atoms with E-state index in [2.05, 4.69) is 27.7 Å². The Morgan fingerprint density at radius 2 is 1.73 bits per heavy atom. The average Bonchev–Trinajstić information content (AvgIpc) is 1.99. The molecule has 3 nitrogen and oxygen atoms in total. The van der Waals surface area contributed by atoms with E-state index in [9.17, 15) is 8.42 Å². The molecule has 15 heavy (non-hydrogen) atoms. The van der Waals surface area contributed by atoms with Crippen LogP contribution in [0.1, 0.15) is 53.4 Å². The Balaban J connectivity index is 4.26. The lowest BCUT2D eigenvalue weighted by Crippen LogP contribution is -2.23. The number of hydrogen-bond donors (Lipinski definition) is 1. The highest BCUT2D eigenvalue weighted by Gasteiger charge is 2.25. The molecule has 0 aromatic heterocycles. The first-order valence-electron chi connectivity index (χ1n) is 5.62. The first-order chi connectivity index (χ1) is 6.67. The van der Waals surface area contributed by atoms with Crippen LogP contribution in [0.3, 0.4) is 0 Å². The molecule has 0 bridgehead atoms. The van der Waals surface area contributed by atoms with Crippen molar-refractivity contribution in [2.45, 2.75) is 53.4 Å². The topological polar surface area (TPSA) is 54.4 Å². The first kappa shape index (κ1) is 14.9. The summed E-state index contributed by atoms with van der Waals surface area (Å²) in [4.78, 5) is 0. The van der Waals surface area contributed by atoms with Gasteiger partial charge < -0.3 is 0 Å². The van der Waals surface area contributed by atoms with Crippen molar-refractivity contribution >= 4 is 10.1 Å². The summed E-state index contributed by atoms with van der Waals surface area (Å²) in [6, 6.07) is 0. The van der Waals surface area contributed by atoms with Crippen molar-refractivity contribution in [2.75, 3.05) is 5.75 Å². The third kappa shape index (κ3) is 7.79. The predicted molar refractivity (Wildman–Crippen MR) is 63.5 cm³/mol. The van der Waals surface area contributed by atoms with E-state index in [1.54, 1.807) is 0 Å². The minimum atomic E-state index is -3.80. The van der Waals surface area contributed by atoms with Crippen molar-refractivity contribution in [3.05, 3.63) is 0 Å². The standard InChI is InChI=1S/C11H24O3S/c1-5-6-7-10(11(2,3)4)8-9-15(12,13)14/h10H,5-9H2,1-4H3,(H,12,13,14). The molecule has 1 N–H and O–H groups in total. The molecule has 0 saturated heterocycles. The van der Waals surface area contributed by atoms with Crippen LogP contribution in [0.5, 0.6) is 0 Å². The fraction of sp³-hybridized carbons (Fsp3) is 1.00. The highest BCUT2D eigenvalue weighted by molar-refractivity contribution is 7.85. The molecule has 0 aliphatic carbocycles. The van der Waals surface area contributed by atoms with Crippen LogP contribution in [0.15, 0.2) is 0 Å². The highest BCUT2D eigenvalue weighted by Crippen LogP contribution is 2.33. The quantitative estimate of drug-likeness (QED) is 0.721. The van der Waals surface area contributed by atoms with Gasteiger partial charge in [0.1, 0.15) is 0 Å². The molecule has 0 spiro atoms. The molecule has 0 fully saturated rings. The van der Waals surface area contributed by atoms with Crippen LogP contribution in [0.25, 0.3) is 0 Å². The van der Waals surface area contributed by atoms with E-state index in [0.717, 1.165) is 19.3 Å². The average molecular weight is 236 g/mol. The van der Waals surface area contributed by atoms with Gasteiger partial charge in [-0.1, -0.05) is 40.5 Å². The van der Waals surface area contributed by atoms with E-state index in [-0.39, 0.29) is 11.2 Å². The second kappa shape index (κ2) is 5.85. The summed E-state index contributed by atoms with van der Waals surface area (Å²) in [5.74, 6) is 0.248. The van der Waals surface area contributed by atoms with Gasteiger partial charge in [-0.2, -0.15) is 8.42 Å². The molecule has 0 aliphatic rings. The second-order valence-electron chi connectivity index (χ2n) is 5.28. The fourth-order valence-corrected chi connectivity index (χ4v) is 2.33. The van der Waals surface area contributed by atoms with E-state index in [4.69, 9.17) is 4.55 Å². The van der Waals surface area contributed by atoms with Crippen LogP contribution >= 0.6 is 0 Å². The van der Waals surface area contributed by atoms with Crippen molar-refractivity contribution in [1.29, 1.82) is 0 Å². The van der Waals surface area contributed by atoms with Crippen LogP contribution in [-0.4, -0.2) is 18.7 Å². The van der Waals surface area contributed by atoms with E-state index in [1.807, 2.05) is 0 Å². The zero-order valence-corrected chi connectivity index (χ0v) is 11.1. The van der Waals surface area contributed by atoms with Gasteiger partial charge in [-0.3, -0.25) is 4.55 Å². The van der Waals surface area contributed by atoms with Crippen molar-refractivity contribution < 1.29 is 13.0 Å². The van der Waals surface area contributed by atoms with Crippen molar-refractivity contribution in [2.24, 2.45) is 11.3 Å². The lowest BCUT2D eigenvalue weighted by molar-refractivity contribution is 0.214. The van der Waals surface area contributed by atoms with Gasteiger partial charge >= 0.3 is 0 Å². The summed E-state index contributed by atoms with van der Waals surface area (Å²) in [6.07, 6.45) is 3.84. The first-order valence-corrected chi connectivity index (χ1v) is 7.23. The fourth-order valence-electron chi connectivity index (χ4n) is 1.75. The number of unbranched alkanes of at least 4 members (excludes halogenated alkanes) is 1. The van der Waals surface area contributed by atoms with Gasteiger partial charge in [-0.25, -0.2) is 0 Å². The minimum absolute atomic E-state index is 0.111. The third-order valence-corrected chi connectivity index (χ3v) is 3.61. The van der Waals surface area contributed by atoms with Gasteiger partial charge in [0, 0.05) is 0 Å². The van der Waals surface area contributed by atoms with Crippen molar-refractivity contribution in [3.8, 4) is 0 Å². The summed E-state index contributed by atoms with van der Waals surface area (Å²) in [5, 5.41) is 0. The smallest absolute Gasteiger partial charge is 0.264 e. The molecule has 0 aromatic rings. The molecule has 0 aliphatic heterocycles. The maximum absolute atomic E-state index is 10.7. The Morgan fingerprint density at radius 1 is 1.20 bits per heavy atom. The maximum Gasteiger partial charge on any atom is 0.264 e. The molecule has 0 heterocycles. The molecule has 92 valence electrons. The summed E-state index contributed by atoms with van der Waals surface area (Å²) in [6.45, 7) is 8.49. The van der Waals surface area contributed by atoms with Crippen molar-refractivity contribution in [1.82, 2.24) is 0 Å². The van der Waals surface area contributed by atoms with Gasteiger partial charge in [0.15, 0.2) is 0 Å². The molecular weight excluding hydrogens is 212 g/mol. The zero-order valence-electron chi connectivity index (χ0n) is 10.3. The van der Waals surface area contributed by atoms with E-state index in [1.165, 1.54) is 0 Å². The summed E-state index contributed by atoms with van der Waals surface area (Å²) in [7, 11) is -3.80. The van der Waals surface area contributed by atoms with Crippen molar-refractivity contribution in [3.63, 3.8) is 0 Å². The molecule has 1 atom stereocenters. The lowest BCUT2D eigenvalue weighted by Gasteiger charge is -2.30. The Hall–Kier alpha value is -0.0900. The lowest BCUT2D eigenvalue weighted by atomic mass is 9.76. The second-order valence-corrected chi connectivity index (χ2v) is 6.85. The van der Waals surface area contributed by atoms with Crippen LogP contribution < -0.4 is 0 Å². The highest BCUT2D eigenvalue weighted by atomic mass is 32.2. The largest absolute Gasteiger partial charge is 0.286 e. The summed E-state index contributed by atoms with van der Waals surface area (Å²) < 4.78 is 30.1. The van der Waals surface area contributed by atoms with E-state index in [0.29, 0.717) is 12.3 Å². The Bertz CT molecular complexity index is 262. The summed E-state index contributed by atoms with van der Waals surface area (Å²) >= 11 is 0. The number of rotatable bonds is 6. The van der Waals surface area contributed by atoms with Crippen LogP contribution in [-0.2, 0) is 10.1 Å². The van der Waals surface area contributed by atoms with E-state index >= 15 is 0 Å². The molecule has 0 aromatic carbocycles. The van der Waals surface area contributed by atoms with Gasteiger partial charge in [0.25, 0.3) is 10.1 Å². The number of hydrogen-bond acceptors (Lipinski definition) is 2. The Kier molecular flexibility index (Phi) is 5.81. The zero-order chi connectivity index (χ0) is 12.1. The minimum Gasteiger partial charge on any atom is -0.286 e. The molecular formula is C11H24O3S. The van der Waals surface area contributed by atoms with Crippen LogP contribution in [0.4, 0.5) is 0 Å². The molecule has 0 amide bonds. The Morgan fingerprint density at radius 3 is 2.07 bits per heavy atom. The SMILES string of the molecule is CCCCC(CCS(=O)(=O)O)C(C)(C)C. The molecule has 0 radical (unpaired) electrons. The van der Waals surface area contributed by atoms with Gasteiger partial charge in [-0.15, -0.1) is 0 Å². The molecule has 4 heteroatoms.